The van der Waals surface area contributed by atoms with E-state index in [1.54, 1.807) is 38.1 Å². The first-order valence-corrected chi connectivity index (χ1v) is 9.87. The van der Waals surface area contributed by atoms with Crippen molar-refractivity contribution in [2.75, 3.05) is 11.9 Å². The highest BCUT2D eigenvalue weighted by atomic mass is 16.8. The molecule has 0 aliphatic carbocycles. The first-order valence-electron chi connectivity index (χ1n) is 9.87. The summed E-state index contributed by atoms with van der Waals surface area (Å²) in [6.45, 7) is 6.03. The molecule has 0 amide bonds. The molecule has 2 aliphatic heterocycles. The molecule has 160 valence electrons. The number of aromatic hydroxyl groups is 1. The zero-order valence-electron chi connectivity index (χ0n) is 17.1. The van der Waals surface area contributed by atoms with Gasteiger partial charge >= 0.3 is 12.1 Å². The van der Waals surface area contributed by atoms with Crippen LogP contribution in [0.15, 0.2) is 30.4 Å². The standard InChI is InChI=1S/C22H25NO7/c1-4-23-15-10-14-6-5-7-18-20(30-22(27)29-18)16(24)9-8-12(2)13(3)28-21(26)19(14)17(25)11-15/h5-6,8-13,18,20,23,25H,4,7H2,1-3H3/t12-,13+,18+,20-/m1/s1. The van der Waals surface area contributed by atoms with Gasteiger partial charge in [0.15, 0.2) is 11.9 Å². The smallest absolute Gasteiger partial charge is 0.507 e. The third kappa shape index (κ3) is 4.64. The van der Waals surface area contributed by atoms with Crippen molar-refractivity contribution >= 4 is 29.7 Å². The Kier molecular flexibility index (Phi) is 6.44. The highest BCUT2D eigenvalue weighted by Gasteiger charge is 2.40. The van der Waals surface area contributed by atoms with Crippen molar-refractivity contribution in [2.45, 2.75) is 45.5 Å². The normalized spacial score (nSPS) is 26.7. The summed E-state index contributed by atoms with van der Waals surface area (Å²) in [5.41, 5.74) is 1.12. The van der Waals surface area contributed by atoms with Crippen LogP contribution in [-0.4, -0.2) is 47.9 Å². The summed E-state index contributed by atoms with van der Waals surface area (Å²) in [5, 5.41) is 13.6. The van der Waals surface area contributed by atoms with Gasteiger partial charge in [0.1, 0.15) is 17.4 Å². The Bertz CT molecular complexity index is 905. The molecule has 2 aliphatic rings. The Balaban J connectivity index is 2.03. The van der Waals surface area contributed by atoms with Crippen molar-refractivity contribution in [1.82, 2.24) is 0 Å². The minimum atomic E-state index is -1.03. The van der Waals surface area contributed by atoms with Crippen LogP contribution in [0.4, 0.5) is 10.5 Å². The number of carbonyl (C=O) groups is 3. The predicted octanol–water partition coefficient (Wildman–Crippen LogP) is 3.45. The molecule has 0 unspecified atom stereocenters. The SMILES string of the molecule is CCNc1cc(O)c2c(c1)C=CC[C@@H]1OC(=O)O[C@@H]1C(=O)C=C[C@@H](C)[C@H](C)OC2=O. The van der Waals surface area contributed by atoms with E-state index in [9.17, 15) is 19.5 Å². The number of phenols is 1. The van der Waals surface area contributed by atoms with E-state index >= 15 is 0 Å². The summed E-state index contributed by atoms with van der Waals surface area (Å²) in [7, 11) is 0. The van der Waals surface area contributed by atoms with Gasteiger partial charge in [0.25, 0.3) is 0 Å². The maximum Gasteiger partial charge on any atom is 0.509 e. The van der Waals surface area contributed by atoms with Crippen molar-refractivity contribution in [1.29, 1.82) is 0 Å². The first-order chi connectivity index (χ1) is 14.3. The second-order valence-corrected chi connectivity index (χ2v) is 7.30. The fraction of sp³-hybridized carbons (Fsp3) is 0.409. The highest BCUT2D eigenvalue weighted by molar-refractivity contribution is 5.98. The minimum absolute atomic E-state index is 0.0419. The van der Waals surface area contributed by atoms with Gasteiger partial charge in [-0.25, -0.2) is 9.59 Å². The van der Waals surface area contributed by atoms with E-state index in [-0.39, 0.29) is 23.7 Å². The van der Waals surface area contributed by atoms with Crippen LogP contribution < -0.4 is 5.32 Å². The second kappa shape index (κ2) is 9.02. The molecule has 1 saturated heterocycles. The number of ether oxygens (including phenoxy) is 3. The summed E-state index contributed by atoms with van der Waals surface area (Å²) in [6.07, 6.45) is 3.14. The molecular weight excluding hydrogens is 390 g/mol. The zero-order valence-corrected chi connectivity index (χ0v) is 17.1. The second-order valence-electron chi connectivity index (χ2n) is 7.30. The lowest BCUT2D eigenvalue weighted by atomic mass is 9.99. The molecule has 0 bridgehead atoms. The van der Waals surface area contributed by atoms with Gasteiger partial charge in [0.2, 0.25) is 6.10 Å². The lowest BCUT2D eigenvalue weighted by Crippen LogP contribution is -2.30. The van der Waals surface area contributed by atoms with Gasteiger partial charge in [-0.1, -0.05) is 25.2 Å². The number of carbonyl (C=O) groups excluding carboxylic acids is 3. The van der Waals surface area contributed by atoms with Gasteiger partial charge in [0.05, 0.1) is 0 Å². The fourth-order valence-electron chi connectivity index (χ4n) is 3.28. The number of cyclic esters (lactones) is 1. The van der Waals surface area contributed by atoms with Crippen LogP contribution in [0.5, 0.6) is 5.75 Å². The maximum atomic E-state index is 12.8. The van der Waals surface area contributed by atoms with Crippen molar-refractivity contribution < 1.29 is 33.7 Å². The molecule has 3 rings (SSSR count). The Morgan fingerprint density at radius 2 is 1.87 bits per heavy atom. The fourth-order valence-corrected chi connectivity index (χ4v) is 3.28. The van der Waals surface area contributed by atoms with Gasteiger partial charge in [-0.15, -0.1) is 0 Å². The van der Waals surface area contributed by atoms with E-state index < -0.39 is 36.2 Å². The topological polar surface area (TPSA) is 111 Å². The third-order valence-electron chi connectivity index (χ3n) is 5.09. The van der Waals surface area contributed by atoms with E-state index in [0.717, 1.165) is 0 Å². The largest absolute Gasteiger partial charge is 0.509 e. The molecule has 4 atom stereocenters. The third-order valence-corrected chi connectivity index (χ3v) is 5.09. The molecule has 2 N–H and O–H groups in total. The molecule has 0 aromatic heterocycles. The van der Waals surface area contributed by atoms with Gasteiger partial charge in [-0.3, -0.25) is 4.79 Å². The minimum Gasteiger partial charge on any atom is -0.507 e. The number of hydrogen-bond acceptors (Lipinski definition) is 8. The molecular formula is C22H25NO7. The van der Waals surface area contributed by atoms with Crippen molar-refractivity contribution in [2.24, 2.45) is 5.92 Å². The molecule has 8 heteroatoms. The number of ketones is 1. The van der Waals surface area contributed by atoms with E-state index in [1.807, 2.05) is 6.92 Å². The van der Waals surface area contributed by atoms with Gasteiger partial charge < -0.3 is 24.6 Å². The number of anilines is 1. The first kappa shape index (κ1) is 21.4. The summed E-state index contributed by atoms with van der Waals surface area (Å²) in [5.74, 6) is -1.56. The van der Waals surface area contributed by atoms with E-state index in [0.29, 0.717) is 17.8 Å². The number of esters is 1. The van der Waals surface area contributed by atoms with Gasteiger partial charge in [-0.2, -0.15) is 0 Å². The number of hydrogen-bond donors (Lipinski definition) is 2. The van der Waals surface area contributed by atoms with Crippen LogP contribution in [0.3, 0.4) is 0 Å². The number of phenolic OH excluding ortho intramolecular Hbond substituents is 1. The lowest BCUT2D eigenvalue weighted by molar-refractivity contribution is -0.122. The quantitative estimate of drug-likeness (QED) is 0.707. The van der Waals surface area contributed by atoms with Crippen LogP contribution in [0, 0.1) is 5.92 Å². The Hall–Kier alpha value is -3.29. The molecule has 2 heterocycles. The average Bonchev–Trinajstić information content (AvgIpc) is 3.05. The summed E-state index contributed by atoms with van der Waals surface area (Å²) in [6, 6.07) is 3.19. The van der Waals surface area contributed by atoms with E-state index in [1.165, 1.54) is 12.1 Å². The number of nitrogens with one attached hydrogen (secondary N) is 1. The summed E-state index contributed by atoms with van der Waals surface area (Å²) < 4.78 is 15.7. The maximum absolute atomic E-state index is 12.8. The average molecular weight is 415 g/mol. The zero-order chi connectivity index (χ0) is 21.8. The predicted molar refractivity (Wildman–Crippen MR) is 109 cm³/mol. The summed E-state index contributed by atoms with van der Waals surface area (Å²) >= 11 is 0. The van der Waals surface area contributed by atoms with Crippen LogP contribution >= 0.6 is 0 Å². The van der Waals surface area contributed by atoms with Crippen LogP contribution in [0.2, 0.25) is 0 Å². The molecule has 30 heavy (non-hydrogen) atoms. The molecule has 0 saturated carbocycles. The number of rotatable bonds is 2. The Morgan fingerprint density at radius 1 is 1.10 bits per heavy atom. The monoisotopic (exact) mass is 415 g/mol. The van der Waals surface area contributed by atoms with E-state index in [2.05, 4.69) is 5.32 Å². The lowest BCUT2D eigenvalue weighted by Gasteiger charge is -2.20. The number of benzene rings is 1. The Labute approximate surface area is 174 Å². The molecule has 0 radical (unpaired) electrons. The van der Waals surface area contributed by atoms with Crippen molar-refractivity contribution in [3.05, 3.63) is 41.5 Å². The van der Waals surface area contributed by atoms with Crippen LogP contribution in [0.25, 0.3) is 6.08 Å². The van der Waals surface area contributed by atoms with Crippen molar-refractivity contribution in [3.8, 4) is 5.75 Å². The van der Waals surface area contributed by atoms with Gasteiger partial charge in [0, 0.05) is 30.6 Å². The molecule has 1 aromatic carbocycles. The van der Waals surface area contributed by atoms with Crippen LogP contribution in [-0.2, 0) is 19.0 Å². The number of fused-ring (bicyclic) bond motifs is 2. The van der Waals surface area contributed by atoms with Crippen molar-refractivity contribution in [3.63, 3.8) is 0 Å². The summed E-state index contributed by atoms with van der Waals surface area (Å²) in [4.78, 5) is 36.8. The molecule has 1 fully saturated rings. The molecule has 8 nitrogen and oxygen atoms in total. The van der Waals surface area contributed by atoms with Gasteiger partial charge in [-0.05, 0) is 31.6 Å². The van der Waals surface area contributed by atoms with E-state index in [4.69, 9.17) is 14.2 Å². The Morgan fingerprint density at radius 3 is 2.60 bits per heavy atom. The molecule has 0 spiro atoms. The highest BCUT2D eigenvalue weighted by Crippen LogP contribution is 2.30. The van der Waals surface area contributed by atoms with Crippen LogP contribution in [0.1, 0.15) is 43.1 Å². The molecule has 1 aromatic rings.